The lowest BCUT2D eigenvalue weighted by molar-refractivity contribution is -0.139. The van der Waals surface area contributed by atoms with Gasteiger partial charge in [0.05, 0.1) is 11.0 Å². The molecule has 144 valence electrons. The van der Waals surface area contributed by atoms with Crippen molar-refractivity contribution in [3.63, 3.8) is 0 Å². The summed E-state index contributed by atoms with van der Waals surface area (Å²) in [5.74, 6) is 1.21. The van der Waals surface area contributed by atoms with E-state index < -0.39 is 0 Å². The highest BCUT2D eigenvalue weighted by Crippen LogP contribution is 2.35. The van der Waals surface area contributed by atoms with Crippen LogP contribution < -0.4 is 0 Å². The predicted molar refractivity (Wildman–Crippen MR) is 107 cm³/mol. The highest BCUT2D eigenvalue weighted by Gasteiger charge is 2.33. The molecule has 0 unspecified atom stereocenters. The van der Waals surface area contributed by atoms with Crippen LogP contribution in [0.2, 0.25) is 0 Å². The fourth-order valence-corrected chi connectivity index (χ4v) is 4.48. The molecule has 5 rings (SSSR count). The van der Waals surface area contributed by atoms with E-state index in [4.69, 9.17) is 4.98 Å². The molecule has 2 aromatic carbocycles. The second kappa shape index (κ2) is 7.04. The van der Waals surface area contributed by atoms with E-state index in [0.717, 1.165) is 61.2 Å². The Bertz CT molecular complexity index is 1000. The third-order valence-corrected chi connectivity index (χ3v) is 6.28. The van der Waals surface area contributed by atoms with Gasteiger partial charge < -0.3 is 9.47 Å². The molecule has 0 radical (unpaired) electrons. The molecule has 2 fully saturated rings. The first-order chi connectivity index (χ1) is 13.7. The van der Waals surface area contributed by atoms with Gasteiger partial charge in [0.15, 0.2) is 0 Å². The average molecular weight is 377 g/mol. The van der Waals surface area contributed by atoms with Gasteiger partial charge >= 0.3 is 0 Å². The third-order valence-electron chi connectivity index (χ3n) is 6.28. The van der Waals surface area contributed by atoms with Crippen LogP contribution in [0.15, 0.2) is 48.5 Å². The first kappa shape index (κ1) is 17.4. The molecule has 1 saturated carbocycles. The monoisotopic (exact) mass is 377 g/mol. The quantitative estimate of drug-likeness (QED) is 0.657. The maximum Gasteiger partial charge on any atom is 0.225 e. The first-order valence-corrected chi connectivity index (χ1v) is 10.2. The Morgan fingerprint density at radius 1 is 1.00 bits per heavy atom. The zero-order valence-electron chi connectivity index (χ0n) is 15.9. The number of amides is 1. The lowest BCUT2D eigenvalue weighted by Gasteiger charge is -2.37. The minimum atomic E-state index is -0.245. The standard InChI is InChI=1S/C23H24FN3O/c24-18-9-10-20-21(15-18)27(22(25-20)16-5-2-1-3-6-16)19-11-13-26(14-12-19)23(28)17-7-4-8-17/h1-3,5-6,9-10,15,17,19H,4,7-8,11-14H2. The van der Waals surface area contributed by atoms with Crippen molar-refractivity contribution in [2.75, 3.05) is 13.1 Å². The smallest absolute Gasteiger partial charge is 0.225 e. The molecule has 2 heterocycles. The number of piperidine rings is 1. The predicted octanol–water partition coefficient (Wildman–Crippen LogP) is 4.81. The van der Waals surface area contributed by atoms with Crippen LogP contribution in [0.25, 0.3) is 22.4 Å². The summed E-state index contributed by atoms with van der Waals surface area (Å²) in [6.45, 7) is 1.53. The molecule has 3 aromatic rings. The van der Waals surface area contributed by atoms with E-state index in [9.17, 15) is 9.18 Å². The summed E-state index contributed by atoms with van der Waals surface area (Å²) in [4.78, 5) is 19.4. The molecule has 1 aliphatic carbocycles. The number of rotatable bonds is 3. The molecule has 0 bridgehead atoms. The Kier molecular flexibility index (Phi) is 4.38. The van der Waals surface area contributed by atoms with Crippen molar-refractivity contribution in [3.8, 4) is 11.4 Å². The second-order valence-electron chi connectivity index (χ2n) is 7.99. The van der Waals surface area contributed by atoms with E-state index in [1.807, 2.05) is 35.2 Å². The van der Waals surface area contributed by atoms with Gasteiger partial charge in [-0.1, -0.05) is 36.8 Å². The normalized spacial score (nSPS) is 18.4. The van der Waals surface area contributed by atoms with Crippen LogP contribution in [0, 0.1) is 11.7 Å². The molecule has 1 aromatic heterocycles. The van der Waals surface area contributed by atoms with Crippen LogP contribution in [0.5, 0.6) is 0 Å². The molecule has 1 saturated heterocycles. The fraction of sp³-hybridized carbons (Fsp3) is 0.391. The van der Waals surface area contributed by atoms with Crippen molar-refractivity contribution in [1.82, 2.24) is 14.5 Å². The lowest BCUT2D eigenvalue weighted by Crippen LogP contribution is -2.43. The molecule has 1 amide bonds. The number of carbonyl (C=O) groups excluding carboxylic acids is 1. The maximum atomic E-state index is 14.0. The van der Waals surface area contributed by atoms with Gasteiger partial charge in [-0.2, -0.15) is 0 Å². The highest BCUT2D eigenvalue weighted by molar-refractivity contribution is 5.81. The number of imidazole rings is 1. The maximum absolute atomic E-state index is 14.0. The van der Waals surface area contributed by atoms with E-state index >= 15 is 0 Å². The summed E-state index contributed by atoms with van der Waals surface area (Å²) in [7, 11) is 0. The van der Waals surface area contributed by atoms with Crippen LogP contribution in [0.1, 0.15) is 38.1 Å². The fourth-order valence-electron chi connectivity index (χ4n) is 4.48. The summed E-state index contributed by atoms with van der Waals surface area (Å²) < 4.78 is 16.2. The van der Waals surface area contributed by atoms with Crippen LogP contribution in [-0.4, -0.2) is 33.4 Å². The Morgan fingerprint density at radius 3 is 2.43 bits per heavy atom. The van der Waals surface area contributed by atoms with Crippen molar-refractivity contribution < 1.29 is 9.18 Å². The molecular formula is C23H24FN3O. The number of carbonyl (C=O) groups is 1. The largest absolute Gasteiger partial charge is 0.342 e. The number of nitrogens with zero attached hydrogens (tertiary/aromatic N) is 3. The van der Waals surface area contributed by atoms with Gasteiger partial charge in [0.25, 0.3) is 0 Å². The zero-order valence-corrected chi connectivity index (χ0v) is 15.9. The van der Waals surface area contributed by atoms with Crippen molar-refractivity contribution in [2.24, 2.45) is 5.92 Å². The van der Waals surface area contributed by atoms with Gasteiger partial charge in [-0.15, -0.1) is 0 Å². The summed E-state index contributed by atoms with van der Waals surface area (Å²) >= 11 is 0. The first-order valence-electron chi connectivity index (χ1n) is 10.2. The van der Waals surface area contributed by atoms with Gasteiger partial charge in [-0.3, -0.25) is 4.79 Å². The third kappa shape index (κ3) is 2.99. The number of fused-ring (bicyclic) bond motifs is 1. The molecule has 2 aliphatic rings. The summed E-state index contributed by atoms with van der Waals surface area (Å²) in [5, 5.41) is 0. The Hall–Kier alpha value is -2.69. The summed E-state index contributed by atoms with van der Waals surface area (Å²) in [6.07, 6.45) is 5.02. The van der Waals surface area contributed by atoms with E-state index in [1.165, 1.54) is 12.5 Å². The number of hydrogen-bond donors (Lipinski definition) is 0. The van der Waals surface area contributed by atoms with Crippen LogP contribution in [-0.2, 0) is 4.79 Å². The second-order valence-corrected chi connectivity index (χ2v) is 7.99. The number of hydrogen-bond acceptors (Lipinski definition) is 2. The van der Waals surface area contributed by atoms with Gasteiger partial charge in [0, 0.05) is 30.6 Å². The van der Waals surface area contributed by atoms with Gasteiger partial charge in [-0.05, 0) is 43.9 Å². The van der Waals surface area contributed by atoms with Gasteiger partial charge in [0.2, 0.25) is 5.91 Å². The van der Waals surface area contributed by atoms with Crippen LogP contribution >= 0.6 is 0 Å². The molecule has 28 heavy (non-hydrogen) atoms. The molecule has 0 N–H and O–H groups in total. The lowest BCUT2D eigenvalue weighted by atomic mass is 9.84. The zero-order chi connectivity index (χ0) is 19.1. The van der Waals surface area contributed by atoms with Crippen molar-refractivity contribution in [2.45, 2.75) is 38.1 Å². The topological polar surface area (TPSA) is 38.1 Å². The molecule has 0 spiro atoms. The number of benzene rings is 2. The Morgan fingerprint density at radius 2 is 1.75 bits per heavy atom. The van der Waals surface area contributed by atoms with Crippen molar-refractivity contribution in [3.05, 3.63) is 54.3 Å². The molecule has 5 heteroatoms. The summed E-state index contributed by atoms with van der Waals surface area (Å²) in [5.41, 5.74) is 2.68. The average Bonchev–Trinajstić information content (AvgIpc) is 3.06. The van der Waals surface area contributed by atoms with E-state index in [0.29, 0.717) is 5.91 Å². The molecule has 1 aliphatic heterocycles. The van der Waals surface area contributed by atoms with Gasteiger partial charge in [0.1, 0.15) is 11.6 Å². The van der Waals surface area contributed by atoms with E-state index in [-0.39, 0.29) is 17.8 Å². The molecule has 0 atom stereocenters. The number of halogens is 1. The van der Waals surface area contributed by atoms with E-state index in [2.05, 4.69) is 4.57 Å². The highest BCUT2D eigenvalue weighted by atomic mass is 19.1. The van der Waals surface area contributed by atoms with Gasteiger partial charge in [-0.25, -0.2) is 9.37 Å². The minimum absolute atomic E-state index is 0.215. The Balaban J connectivity index is 1.48. The Labute approximate surface area is 164 Å². The van der Waals surface area contributed by atoms with Crippen molar-refractivity contribution in [1.29, 1.82) is 0 Å². The molecule has 4 nitrogen and oxygen atoms in total. The van der Waals surface area contributed by atoms with E-state index in [1.54, 1.807) is 12.1 Å². The molecular weight excluding hydrogens is 353 g/mol. The van der Waals surface area contributed by atoms with Crippen LogP contribution in [0.4, 0.5) is 4.39 Å². The SMILES string of the molecule is O=C(C1CCC1)N1CCC(n2c(-c3ccccc3)nc3ccc(F)cc32)CC1. The van der Waals surface area contributed by atoms with Crippen LogP contribution in [0.3, 0.4) is 0 Å². The number of likely N-dealkylation sites (tertiary alicyclic amines) is 1. The summed E-state index contributed by atoms with van der Waals surface area (Å²) in [6, 6.07) is 15.1. The number of aromatic nitrogens is 2. The van der Waals surface area contributed by atoms with Crippen molar-refractivity contribution >= 4 is 16.9 Å². The minimum Gasteiger partial charge on any atom is -0.342 e.